The van der Waals surface area contributed by atoms with Gasteiger partial charge < -0.3 is 19.4 Å². The van der Waals surface area contributed by atoms with Crippen LogP contribution in [0.4, 0.5) is 10.1 Å². The van der Waals surface area contributed by atoms with E-state index < -0.39 is 11.7 Å². The van der Waals surface area contributed by atoms with Crippen molar-refractivity contribution in [2.45, 2.75) is 32.2 Å². The third-order valence-electron chi connectivity index (χ3n) is 5.64. The second-order valence-corrected chi connectivity index (χ2v) is 8.35. The standard InChI is InChI=1S/C24H22ClFN4O3/c25-17-12-15(13-20-23(17)33-11-10-32-20)5-8-22(31)27-19-14-16(6-7-18(19)26)24-29-28-21-4-2-1-3-9-30(21)24/h5-8,12-14H,1-4,9-11H2,(H,27,31)/b8-5+. The molecule has 0 radical (unpaired) electrons. The van der Waals surface area contributed by atoms with Gasteiger partial charge in [0.25, 0.3) is 0 Å². The van der Waals surface area contributed by atoms with Gasteiger partial charge in [0.05, 0.1) is 10.7 Å². The highest BCUT2D eigenvalue weighted by Gasteiger charge is 2.18. The Bertz CT molecular complexity index is 1240. The Morgan fingerprint density at radius 1 is 1.12 bits per heavy atom. The highest BCUT2D eigenvalue weighted by molar-refractivity contribution is 6.32. The van der Waals surface area contributed by atoms with Crippen molar-refractivity contribution in [3.63, 3.8) is 0 Å². The molecule has 2 aromatic carbocycles. The summed E-state index contributed by atoms with van der Waals surface area (Å²) in [5, 5.41) is 11.6. The average Bonchev–Trinajstić information content (AvgIpc) is 3.07. The maximum atomic E-state index is 14.5. The average molecular weight is 469 g/mol. The molecule has 2 aliphatic rings. The van der Waals surface area contributed by atoms with Gasteiger partial charge in [0.1, 0.15) is 24.9 Å². The first kappa shape index (κ1) is 21.5. The molecule has 7 nitrogen and oxygen atoms in total. The molecule has 0 spiro atoms. The molecule has 0 unspecified atom stereocenters. The summed E-state index contributed by atoms with van der Waals surface area (Å²) < 4.78 is 27.6. The van der Waals surface area contributed by atoms with Crippen LogP contribution < -0.4 is 14.8 Å². The van der Waals surface area contributed by atoms with Crippen LogP contribution in [0.2, 0.25) is 5.02 Å². The Morgan fingerprint density at radius 3 is 2.91 bits per heavy atom. The van der Waals surface area contributed by atoms with Crippen LogP contribution in [0.25, 0.3) is 17.5 Å². The molecule has 1 aromatic heterocycles. The van der Waals surface area contributed by atoms with Crippen LogP contribution in [0, 0.1) is 5.82 Å². The lowest BCUT2D eigenvalue weighted by Crippen LogP contribution is -2.15. The van der Waals surface area contributed by atoms with E-state index in [1.165, 1.54) is 12.1 Å². The molecule has 170 valence electrons. The van der Waals surface area contributed by atoms with Crippen LogP contribution in [0.15, 0.2) is 36.4 Å². The molecule has 0 fully saturated rings. The van der Waals surface area contributed by atoms with Crippen molar-refractivity contribution < 1.29 is 18.7 Å². The lowest BCUT2D eigenvalue weighted by molar-refractivity contribution is -0.111. The van der Waals surface area contributed by atoms with Crippen molar-refractivity contribution >= 4 is 29.3 Å². The number of amides is 1. The minimum atomic E-state index is -0.529. The number of ether oxygens (including phenoxy) is 2. The van der Waals surface area contributed by atoms with Gasteiger partial charge in [0.2, 0.25) is 5.91 Å². The maximum absolute atomic E-state index is 14.5. The van der Waals surface area contributed by atoms with E-state index in [2.05, 4.69) is 20.1 Å². The Kier molecular flexibility index (Phi) is 6.00. The number of aryl methyl sites for hydroxylation is 1. The molecule has 0 aliphatic carbocycles. The van der Waals surface area contributed by atoms with Gasteiger partial charge in [0, 0.05) is 24.6 Å². The predicted octanol–water partition coefficient (Wildman–Crippen LogP) is 4.89. The topological polar surface area (TPSA) is 78.3 Å². The van der Waals surface area contributed by atoms with Crippen LogP contribution in [0.3, 0.4) is 0 Å². The number of nitrogens with one attached hydrogen (secondary N) is 1. The number of rotatable bonds is 4. The fourth-order valence-corrected chi connectivity index (χ4v) is 4.31. The number of fused-ring (bicyclic) bond motifs is 2. The smallest absolute Gasteiger partial charge is 0.248 e. The van der Waals surface area contributed by atoms with Gasteiger partial charge in [-0.1, -0.05) is 18.0 Å². The van der Waals surface area contributed by atoms with Crippen molar-refractivity contribution in [3.05, 3.63) is 58.6 Å². The van der Waals surface area contributed by atoms with Crippen LogP contribution in [0.1, 0.15) is 30.7 Å². The zero-order valence-corrected chi connectivity index (χ0v) is 18.6. The number of hydrogen-bond acceptors (Lipinski definition) is 5. The number of hydrogen-bond donors (Lipinski definition) is 1. The number of nitrogens with zero attached hydrogens (tertiary/aromatic N) is 3. The van der Waals surface area contributed by atoms with Crippen LogP contribution in [-0.4, -0.2) is 33.9 Å². The largest absolute Gasteiger partial charge is 0.486 e. The van der Waals surface area contributed by atoms with E-state index in [-0.39, 0.29) is 5.69 Å². The minimum Gasteiger partial charge on any atom is -0.486 e. The van der Waals surface area contributed by atoms with Crippen molar-refractivity contribution in [3.8, 4) is 22.9 Å². The SMILES string of the molecule is O=C(/C=C/c1cc(Cl)c2c(c1)OCCO2)Nc1cc(-c2nnc3n2CCCCC3)ccc1F. The van der Waals surface area contributed by atoms with E-state index in [1.54, 1.807) is 30.3 Å². The first-order chi connectivity index (χ1) is 16.1. The summed E-state index contributed by atoms with van der Waals surface area (Å²) in [6, 6.07) is 7.98. The zero-order valence-electron chi connectivity index (χ0n) is 17.8. The molecule has 0 atom stereocenters. The molecule has 9 heteroatoms. The number of carbonyl (C=O) groups excluding carboxylic acids is 1. The molecule has 5 rings (SSSR count). The molecule has 3 aromatic rings. The van der Waals surface area contributed by atoms with Crippen molar-refractivity contribution in [2.75, 3.05) is 18.5 Å². The molecule has 0 saturated heterocycles. The van der Waals surface area contributed by atoms with Crippen molar-refractivity contribution in [1.29, 1.82) is 0 Å². The fraction of sp³-hybridized carbons (Fsp3) is 0.292. The molecule has 3 heterocycles. The van der Waals surface area contributed by atoms with Gasteiger partial charge in [-0.2, -0.15) is 0 Å². The third kappa shape index (κ3) is 4.57. The van der Waals surface area contributed by atoms with E-state index in [1.807, 2.05) is 0 Å². The van der Waals surface area contributed by atoms with Gasteiger partial charge in [-0.25, -0.2) is 4.39 Å². The van der Waals surface area contributed by atoms with E-state index in [0.29, 0.717) is 46.7 Å². The summed E-state index contributed by atoms with van der Waals surface area (Å²) in [6.45, 7) is 1.70. The van der Waals surface area contributed by atoms with Gasteiger partial charge in [0.15, 0.2) is 17.3 Å². The number of halogens is 2. The Morgan fingerprint density at radius 2 is 2.00 bits per heavy atom. The Hall–Kier alpha value is -3.39. The maximum Gasteiger partial charge on any atom is 0.248 e. The van der Waals surface area contributed by atoms with Crippen molar-refractivity contribution in [2.24, 2.45) is 0 Å². The molecular formula is C24H22ClFN4O3. The second-order valence-electron chi connectivity index (χ2n) is 7.95. The van der Waals surface area contributed by atoms with Gasteiger partial charge in [-0.05, 0) is 54.8 Å². The number of anilines is 1. The highest BCUT2D eigenvalue weighted by Crippen LogP contribution is 2.38. The van der Waals surface area contributed by atoms with E-state index in [9.17, 15) is 9.18 Å². The fourth-order valence-electron chi connectivity index (χ4n) is 4.03. The van der Waals surface area contributed by atoms with E-state index >= 15 is 0 Å². The quantitative estimate of drug-likeness (QED) is 0.552. The minimum absolute atomic E-state index is 0.0772. The van der Waals surface area contributed by atoms with Crippen molar-refractivity contribution in [1.82, 2.24) is 14.8 Å². The lowest BCUT2D eigenvalue weighted by Gasteiger charge is -2.19. The lowest BCUT2D eigenvalue weighted by atomic mass is 10.1. The summed E-state index contributed by atoms with van der Waals surface area (Å²) in [5.74, 6) is 1.65. The normalized spacial score (nSPS) is 15.2. The first-order valence-electron chi connectivity index (χ1n) is 10.9. The number of aromatic nitrogens is 3. The third-order valence-corrected chi connectivity index (χ3v) is 5.92. The Labute approximate surface area is 195 Å². The molecule has 1 N–H and O–H groups in total. The van der Waals surface area contributed by atoms with Crippen LogP contribution >= 0.6 is 11.6 Å². The summed E-state index contributed by atoms with van der Waals surface area (Å²) >= 11 is 6.24. The summed E-state index contributed by atoms with van der Waals surface area (Å²) in [7, 11) is 0. The second kappa shape index (κ2) is 9.23. The molecule has 33 heavy (non-hydrogen) atoms. The Balaban J connectivity index is 1.34. The van der Waals surface area contributed by atoms with Gasteiger partial charge >= 0.3 is 0 Å². The first-order valence-corrected chi connectivity index (χ1v) is 11.3. The number of carbonyl (C=O) groups is 1. The molecule has 0 saturated carbocycles. The molecule has 2 aliphatic heterocycles. The summed E-state index contributed by atoms with van der Waals surface area (Å²) in [5.41, 5.74) is 1.45. The molecule has 1 amide bonds. The number of benzene rings is 2. The molecule has 0 bridgehead atoms. The highest BCUT2D eigenvalue weighted by atomic mass is 35.5. The predicted molar refractivity (Wildman–Crippen MR) is 123 cm³/mol. The molecular weight excluding hydrogens is 447 g/mol. The summed E-state index contributed by atoms with van der Waals surface area (Å²) in [4.78, 5) is 12.5. The van der Waals surface area contributed by atoms with E-state index in [4.69, 9.17) is 21.1 Å². The van der Waals surface area contributed by atoms with Gasteiger partial charge in [-0.3, -0.25) is 4.79 Å². The zero-order chi connectivity index (χ0) is 22.8. The summed E-state index contributed by atoms with van der Waals surface area (Å²) in [6.07, 6.45) is 7.07. The van der Waals surface area contributed by atoms with Gasteiger partial charge in [-0.15, -0.1) is 10.2 Å². The van der Waals surface area contributed by atoms with Crippen LogP contribution in [0.5, 0.6) is 11.5 Å². The van der Waals surface area contributed by atoms with E-state index in [0.717, 1.165) is 38.1 Å². The monoisotopic (exact) mass is 468 g/mol. The van der Waals surface area contributed by atoms with Crippen LogP contribution in [-0.2, 0) is 17.8 Å².